The zero-order valence-electron chi connectivity index (χ0n) is 24.8. The fourth-order valence-electron chi connectivity index (χ4n) is 4.61. The van der Waals surface area contributed by atoms with Gasteiger partial charge in [-0.3, -0.25) is 23.7 Å². The minimum absolute atomic E-state index is 0.00937. The van der Waals surface area contributed by atoms with Crippen LogP contribution in [0.25, 0.3) is 10.9 Å². The van der Waals surface area contributed by atoms with E-state index in [-0.39, 0.29) is 16.7 Å². The molecule has 3 aromatic carbocycles. The predicted octanol–water partition coefficient (Wildman–Crippen LogP) is 3.84. The molecule has 0 spiro atoms. The summed E-state index contributed by atoms with van der Waals surface area (Å²) in [6, 6.07) is 11.9. The molecule has 2 amide bonds. The molecule has 2 unspecified atom stereocenters. The number of alkyl halides is 4. The number of carbonyl (C=O) groups is 3. The van der Waals surface area contributed by atoms with E-state index in [1.54, 1.807) is 24.3 Å². The van der Waals surface area contributed by atoms with Gasteiger partial charge in [0.15, 0.2) is 0 Å². The van der Waals surface area contributed by atoms with Crippen molar-refractivity contribution >= 4 is 43.9 Å². The Morgan fingerprint density at radius 2 is 1.18 bits per heavy atom. The third kappa shape index (κ3) is 8.57. The lowest BCUT2D eigenvalue weighted by Gasteiger charge is -2.23. The van der Waals surface area contributed by atoms with Crippen LogP contribution in [0, 0.1) is 0 Å². The monoisotopic (exact) mass is 727 g/mol. The molecule has 7 N–H and O–H groups in total. The second kappa shape index (κ2) is 14.2. The van der Waals surface area contributed by atoms with Crippen molar-refractivity contribution in [3.63, 3.8) is 0 Å². The van der Waals surface area contributed by atoms with Gasteiger partial charge in [-0.15, -0.1) is 0 Å². The van der Waals surface area contributed by atoms with Crippen LogP contribution in [-0.4, -0.2) is 59.5 Å². The van der Waals surface area contributed by atoms with Gasteiger partial charge in [0, 0.05) is 35.6 Å². The molecule has 13 nitrogen and oxygen atoms in total. The molecule has 0 saturated heterocycles. The van der Waals surface area contributed by atoms with Crippen LogP contribution in [0.3, 0.4) is 0 Å². The summed E-state index contributed by atoms with van der Waals surface area (Å²) in [5.41, 5.74) is -10.3. The van der Waals surface area contributed by atoms with E-state index in [0.29, 0.717) is 23.0 Å². The molecular weight excluding hydrogens is 700 g/mol. The summed E-state index contributed by atoms with van der Waals surface area (Å²) >= 11 is 0. The molecule has 4 aromatic rings. The number of hydrogen-bond donors (Lipinski definition) is 7. The van der Waals surface area contributed by atoms with Gasteiger partial charge in [0.25, 0.3) is 5.91 Å². The largest absolute Gasteiger partial charge is 0.480 e. The number of pyridine rings is 1. The van der Waals surface area contributed by atoms with Crippen molar-refractivity contribution in [3.05, 3.63) is 113 Å². The van der Waals surface area contributed by atoms with Crippen LogP contribution in [0.4, 0.5) is 17.6 Å². The van der Waals surface area contributed by atoms with E-state index in [2.05, 4.69) is 15.6 Å². The number of para-hydroxylation sites is 1. The fraction of sp³-hybridized carbons (Fsp3) is 0.200. The molecule has 1 heterocycles. The Bertz CT molecular complexity index is 1970. The summed E-state index contributed by atoms with van der Waals surface area (Å²) in [6.07, 6.45) is 0.314. The first-order chi connectivity index (χ1) is 22.7. The van der Waals surface area contributed by atoms with E-state index in [4.69, 9.17) is 19.6 Å². The number of nitrogens with one attached hydrogen (secondary N) is 2. The summed E-state index contributed by atoms with van der Waals surface area (Å²) in [5.74, 6) is -3.47. The van der Waals surface area contributed by atoms with Crippen molar-refractivity contribution in [3.8, 4) is 0 Å². The van der Waals surface area contributed by atoms with Crippen LogP contribution in [0.5, 0.6) is 0 Å². The first-order valence-electron chi connectivity index (χ1n) is 14.0. The van der Waals surface area contributed by atoms with Crippen molar-refractivity contribution in [1.82, 2.24) is 15.6 Å². The minimum Gasteiger partial charge on any atom is -0.480 e. The number of carboxylic acids is 1. The summed E-state index contributed by atoms with van der Waals surface area (Å²) < 4.78 is 78.8. The maximum atomic E-state index is 14.2. The number of nitrogens with zero attached hydrogens (tertiary/aromatic N) is 1. The van der Waals surface area contributed by atoms with E-state index < -0.39 is 80.4 Å². The Morgan fingerprint density at radius 3 is 1.65 bits per heavy atom. The first kappa shape index (κ1) is 37.3. The van der Waals surface area contributed by atoms with Crippen LogP contribution in [0.2, 0.25) is 0 Å². The number of aliphatic carboxylic acids is 1. The van der Waals surface area contributed by atoms with Crippen molar-refractivity contribution < 1.29 is 65.8 Å². The molecule has 260 valence electrons. The van der Waals surface area contributed by atoms with E-state index in [9.17, 15) is 46.2 Å². The highest BCUT2D eigenvalue weighted by molar-refractivity contribution is 7.52. The molecule has 1 aromatic heterocycles. The van der Waals surface area contributed by atoms with E-state index in [0.717, 1.165) is 36.4 Å². The minimum atomic E-state index is -5.88. The SMILES string of the molecule is O=C(NC(Cc1ccc(C(F)(F)P(=O)(O)O)cc1)C(=O)NC(Cc1ccc(C(F)(F)P(=O)(O)O)cc1)C(=O)O)c1cnc2ccccc2c1. The summed E-state index contributed by atoms with van der Waals surface area (Å²) in [6.45, 7) is 0. The normalized spacial score (nSPS) is 13.8. The molecule has 0 aliphatic rings. The second-order valence-electron chi connectivity index (χ2n) is 10.8. The maximum absolute atomic E-state index is 14.2. The molecule has 19 heteroatoms. The fourth-order valence-corrected chi connectivity index (χ4v) is 5.58. The third-order valence-electron chi connectivity index (χ3n) is 7.30. The molecule has 0 aliphatic carbocycles. The summed E-state index contributed by atoms with van der Waals surface area (Å²) in [7, 11) is -11.7. The number of rotatable bonds is 13. The van der Waals surface area contributed by atoms with Gasteiger partial charge >= 0.3 is 32.5 Å². The molecule has 2 atom stereocenters. The van der Waals surface area contributed by atoms with Crippen LogP contribution in [0.1, 0.15) is 32.6 Å². The Morgan fingerprint density at radius 1 is 0.714 bits per heavy atom. The number of amides is 2. The molecule has 0 radical (unpaired) electrons. The topological polar surface area (TPSA) is 223 Å². The number of benzene rings is 3. The Balaban J connectivity index is 1.59. The molecule has 0 saturated carbocycles. The average Bonchev–Trinajstić information content (AvgIpc) is 3.03. The zero-order valence-corrected chi connectivity index (χ0v) is 26.6. The van der Waals surface area contributed by atoms with Crippen LogP contribution in [0.15, 0.2) is 85.1 Å². The first-order valence-corrected chi connectivity index (χ1v) is 17.2. The standard InChI is InChI=1S/C30H27F4N3O10P2/c31-29(32,48(42,43)44)21-9-5-17(6-10-21)13-24(36-26(38)20-15-19-3-1-2-4-23(19)35-16-20)27(39)37-25(28(40)41)14-18-7-11-22(12-8-18)30(33,34)49(45,46)47/h1-12,15-16,24-25H,13-14H2,(H,36,38)(H,37,39)(H,40,41)(H2,42,43,44)(H2,45,46,47). The number of halogens is 4. The summed E-state index contributed by atoms with van der Waals surface area (Å²) in [4.78, 5) is 78.9. The van der Waals surface area contributed by atoms with Gasteiger partial charge in [-0.05, 0) is 23.3 Å². The van der Waals surface area contributed by atoms with Crippen molar-refractivity contribution in [2.45, 2.75) is 36.3 Å². The Kier molecular flexibility index (Phi) is 10.8. The van der Waals surface area contributed by atoms with E-state index in [1.165, 1.54) is 12.3 Å². The van der Waals surface area contributed by atoms with Gasteiger partial charge in [0.1, 0.15) is 12.1 Å². The maximum Gasteiger partial charge on any atom is 0.399 e. The lowest BCUT2D eigenvalue weighted by atomic mass is 10.0. The molecular formula is C30H27F4N3O10P2. The van der Waals surface area contributed by atoms with Gasteiger partial charge in [-0.2, -0.15) is 17.6 Å². The lowest BCUT2D eigenvalue weighted by molar-refractivity contribution is -0.142. The van der Waals surface area contributed by atoms with Crippen molar-refractivity contribution in [2.24, 2.45) is 0 Å². The quantitative estimate of drug-likeness (QED) is 0.0774. The molecule has 49 heavy (non-hydrogen) atoms. The smallest absolute Gasteiger partial charge is 0.399 e. The molecule has 0 bridgehead atoms. The zero-order chi connectivity index (χ0) is 36.4. The van der Waals surface area contributed by atoms with Crippen molar-refractivity contribution in [1.29, 1.82) is 0 Å². The van der Waals surface area contributed by atoms with Gasteiger partial charge < -0.3 is 35.3 Å². The molecule has 0 aliphatic heterocycles. The number of aromatic nitrogens is 1. The van der Waals surface area contributed by atoms with Gasteiger partial charge in [0.05, 0.1) is 11.1 Å². The molecule has 4 rings (SSSR count). The Labute approximate surface area is 274 Å². The van der Waals surface area contributed by atoms with Gasteiger partial charge in [0.2, 0.25) is 5.91 Å². The van der Waals surface area contributed by atoms with Gasteiger partial charge in [-0.25, -0.2) is 4.79 Å². The molecule has 0 fully saturated rings. The number of fused-ring (bicyclic) bond motifs is 1. The van der Waals surface area contributed by atoms with Gasteiger partial charge in [-0.1, -0.05) is 66.7 Å². The van der Waals surface area contributed by atoms with Crippen LogP contribution >= 0.6 is 15.2 Å². The van der Waals surface area contributed by atoms with E-state index in [1.807, 2.05) is 0 Å². The van der Waals surface area contributed by atoms with E-state index >= 15 is 0 Å². The predicted molar refractivity (Wildman–Crippen MR) is 165 cm³/mol. The third-order valence-corrected chi connectivity index (χ3v) is 9.28. The highest BCUT2D eigenvalue weighted by Gasteiger charge is 2.51. The van der Waals surface area contributed by atoms with Crippen LogP contribution in [-0.2, 0) is 42.9 Å². The lowest BCUT2D eigenvalue weighted by Crippen LogP contribution is -2.53. The van der Waals surface area contributed by atoms with Crippen molar-refractivity contribution in [2.75, 3.05) is 0 Å². The number of carboxylic acid groups (broad SMARTS) is 1. The average molecular weight is 727 g/mol. The highest BCUT2D eigenvalue weighted by Crippen LogP contribution is 2.60. The van der Waals surface area contributed by atoms with Crippen LogP contribution < -0.4 is 10.6 Å². The summed E-state index contributed by atoms with van der Waals surface area (Å²) in [5, 5.41) is 15.1. The second-order valence-corrected chi connectivity index (χ2v) is 14.1. The number of hydrogen-bond acceptors (Lipinski definition) is 6. The highest BCUT2D eigenvalue weighted by atomic mass is 31.2. The Hall–Kier alpha value is -4.50. The number of carbonyl (C=O) groups excluding carboxylic acids is 2.